The molecule has 0 saturated heterocycles. The Balaban J connectivity index is 2.46. The van der Waals surface area contributed by atoms with E-state index in [1.807, 2.05) is 5.38 Å². The van der Waals surface area contributed by atoms with Gasteiger partial charge in [0.15, 0.2) is 4.77 Å². The van der Waals surface area contributed by atoms with Gasteiger partial charge in [0.05, 0.1) is 11.1 Å². The van der Waals surface area contributed by atoms with Gasteiger partial charge in [-0.3, -0.25) is 9.36 Å². The molecule has 0 spiro atoms. The third-order valence-corrected chi connectivity index (χ3v) is 4.46. The lowest BCUT2D eigenvalue weighted by Gasteiger charge is -2.08. The van der Waals surface area contributed by atoms with Gasteiger partial charge in [0.2, 0.25) is 0 Å². The summed E-state index contributed by atoms with van der Waals surface area (Å²) in [5.41, 5.74) is 0.130. The van der Waals surface area contributed by atoms with E-state index in [1.54, 1.807) is 12.1 Å². The SMILES string of the molecule is O=c1c2ccsc2[nH]c(=S)n1-c1cc(F)ccc1Br. The van der Waals surface area contributed by atoms with Crippen molar-refractivity contribution in [2.75, 3.05) is 0 Å². The number of aromatic amines is 1. The predicted molar refractivity (Wildman–Crippen MR) is 80.3 cm³/mol. The van der Waals surface area contributed by atoms with E-state index in [2.05, 4.69) is 20.9 Å². The Hall–Kier alpha value is -1.31. The van der Waals surface area contributed by atoms with Crippen LogP contribution in [0.4, 0.5) is 4.39 Å². The number of nitrogens with one attached hydrogen (secondary N) is 1. The zero-order chi connectivity index (χ0) is 13.6. The Morgan fingerprint density at radius 1 is 1.37 bits per heavy atom. The quantitative estimate of drug-likeness (QED) is 0.669. The number of thiophene rings is 1. The van der Waals surface area contributed by atoms with E-state index in [-0.39, 0.29) is 10.3 Å². The van der Waals surface area contributed by atoms with Gasteiger partial charge in [-0.2, -0.15) is 0 Å². The molecule has 0 bridgehead atoms. The third kappa shape index (κ3) is 2.07. The van der Waals surface area contributed by atoms with Crippen molar-refractivity contribution >= 4 is 49.7 Å². The van der Waals surface area contributed by atoms with Crippen molar-refractivity contribution in [1.29, 1.82) is 0 Å². The molecule has 3 rings (SSSR count). The van der Waals surface area contributed by atoms with E-state index in [0.717, 1.165) is 4.83 Å². The maximum Gasteiger partial charge on any atom is 0.267 e. The number of hydrogen-bond donors (Lipinski definition) is 1. The standard InChI is InChI=1S/C12H6BrFN2OS2/c13-8-2-1-6(14)5-9(8)16-11(17)7-3-4-19-10(7)15-12(16)18/h1-5H,(H,15,18). The van der Waals surface area contributed by atoms with Gasteiger partial charge in [0, 0.05) is 4.47 Å². The van der Waals surface area contributed by atoms with Crippen LogP contribution in [0.2, 0.25) is 0 Å². The van der Waals surface area contributed by atoms with Crippen LogP contribution in [-0.2, 0) is 0 Å². The van der Waals surface area contributed by atoms with Crippen molar-refractivity contribution in [3.05, 3.63) is 55.1 Å². The Labute approximate surface area is 124 Å². The molecule has 3 aromatic rings. The summed E-state index contributed by atoms with van der Waals surface area (Å²) in [7, 11) is 0. The molecule has 0 unspecified atom stereocenters. The second-order valence-corrected chi connectivity index (χ2v) is 5.99. The second-order valence-electron chi connectivity index (χ2n) is 3.83. The number of fused-ring (bicyclic) bond motifs is 1. The molecule has 0 atom stereocenters. The molecule has 2 aromatic heterocycles. The van der Waals surface area contributed by atoms with Crippen LogP contribution in [0.1, 0.15) is 0 Å². The molecule has 0 fully saturated rings. The van der Waals surface area contributed by atoms with Crippen LogP contribution in [0.5, 0.6) is 0 Å². The van der Waals surface area contributed by atoms with Crippen molar-refractivity contribution < 1.29 is 4.39 Å². The highest BCUT2D eigenvalue weighted by molar-refractivity contribution is 9.10. The molecule has 1 aromatic carbocycles. The van der Waals surface area contributed by atoms with Crippen molar-refractivity contribution in [2.24, 2.45) is 0 Å². The van der Waals surface area contributed by atoms with E-state index in [1.165, 1.54) is 28.0 Å². The Kier molecular flexibility index (Phi) is 3.12. The molecule has 7 heteroatoms. The summed E-state index contributed by atoms with van der Waals surface area (Å²) in [4.78, 5) is 16.1. The first-order valence-corrected chi connectivity index (χ1v) is 7.34. The van der Waals surface area contributed by atoms with Crippen LogP contribution in [0.15, 0.2) is 38.9 Å². The van der Waals surface area contributed by atoms with E-state index in [9.17, 15) is 9.18 Å². The van der Waals surface area contributed by atoms with Crippen LogP contribution in [0.25, 0.3) is 15.9 Å². The first-order valence-electron chi connectivity index (χ1n) is 5.26. The lowest BCUT2D eigenvalue weighted by Crippen LogP contribution is -2.20. The highest BCUT2D eigenvalue weighted by atomic mass is 79.9. The first-order chi connectivity index (χ1) is 9.08. The van der Waals surface area contributed by atoms with Gasteiger partial charge in [0.25, 0.3) is 5.56 Å². The summed E-state index contributed by atoms with van der Waals surface area (Å²) in [5, 5.41) is 2.34. The van der Waals surface area contributed by atoms with E-state index in [0.29, 0.717) is 15.5 Å². The normalized spacial score (nSPS) is 11.1. The number of benzene rings is 1. The zero-order valence-corrected chi connectivity index (χ0v) is 12.5. The van der Waals surface area contributed by atoms with E-state index < -0.39 is 5.82 Å². The topological polar surface area (TPSA) is 37.8 Å². The minimum atomic E-state index is -0.426. The molecule has 0 aliphatic carbocycles. The van der Waals surface area contributed by atoms with Crippen molar-refractivity contribution in [2.45, 2.75) is 0 Å². The first kappa shape index (κ1) is 12.7. The molecule has 0 saturated carbocycles. The second kappa shape index (κ2) is 4.66. The van der Waals surface area contributed by atoms with Gasteiger partial charge in [-0.25, -0.2) is 4.39 Å². The lowest BCUT2D eigenvalue weighted by atomic mass is 10.3. The fraction of sp³-hybridized carbons (Fsp3) is 0. The molecule has 2 heterocycles. The maximum atomic E-state index is 13.4. The van der Waals surface area contributed by atoms with Crippen molar-refractivity contribution in [1.82, 2.24) is 9.55 Å². The van der Waals surface area contributed by atoms with Crippen LogP contribution in [-0.4, -0.2) is 9.55 Å². The van der Waals surface area contributed by atoms with Gasteiger partial charge >= 0.3 is 0 Å². The number of H-pyrrole nitrogens is 1. The van der Waals surface area contributed by atoms with Gasteiger partial charge in [-0.1, -0.05) is 0 Å². The Bertz CT molecular complexity index is 897. The Morgan fingerprint density at radius 2 is 2.16 bits per heavy atom. The van der Waals surface area contributed by atoms with Gasteiger partial charge in [-0.05, 0) is 57.8 Å². The molecular weight excluding hydrogens is 351 g/mol. The minimum absolute atomic E-state index is 0.242. The molecule has 0 radical (unpaired) electrons. The molecule has 96 valence electrons. The number of halogens is 2. The van der Waals surface area contributed by atoms with Crippen molar-refractivity contribution in [3.8, 4) is 5.69 Å². The molecule has 0 aliphatic rings. The molecular formula is C12H6BrFN2OS2. The molecule has 1 N–H and O–H groups in total. The number of aromatic nitrogens is 2. The molecule has 19 heavy (non-hydrogen) atoms. The lowest BCUT2D eigenvalue weighted by molar-refractivity contribution is 0.625. The van der Waals surface area contributed by atoms with Gasteiger partial charge in [-0.15, -0.1) is 11.3 Å². The fourth-order valence-electron chi connectivity index (χ4n) is 1.82. The molecule has 3 nitrogen and oxygen atoms in total. The summed E-state index contributed by atoms with van der Waals surface area (Å²) in [6.45, 7) is 0. The molecule has 0 amide bonds. The summed E-state index contributed by atoms with van der Waals surface area (Å²) in [6.07, 6.45) is 0. The van der Waals surface area contributed by atoms with Crippen LogP contribution >= 0.6 is 39.5 Å². The van der Waals surface area contributed by atoms with Crippen molar-refractivity contribution in [3.63, 3.8) is 0 Å². The summed E-state index contributed by atoms with van der Waals surface area (Å²) < 4.78 is 15.5. The average molecular weight is 357 g/mol. The average Bonchev–Trinajstić information content (AvgIpc) is 2.82. The smallest absolute Gasteiger partial charge is 0.267 e. The fourth-order valence-corrected chi connectivity index (χ4v) is 3.37. The van der Waals surface area contributed by atoms with E-state index >= 15 is 0 Å². The van der Waals surface area contributed by atoms with Crippen LogP contribution < -0.4 is 5.56 Å². The van der Waals surface area contributed by atoms with Crippen LogP contribution in [0.3, 0.4) is 0 Å². The largest absolute Gasteiger partial charge is 0.323 e. The monoisotopic (exact) mass is 356 g/mol. The number of hydrogen-bond acceptors (Lipinski definition) is 3. The summed E-state index contributed by atoms with van der Waals surface area (Å²) in [5.74, 6) is -0.426. The summed E-state index contributed by atoms with van der Waals surface area (Å²) in [6, 6.07) is 5.85. The molecule has 0 aliphatic heterocycles. The number of rotatable bonds is 1. The van der Waals surface area contributed by atoms with E-state index in [4.69, 9.17) is 12.2 Å². The minimum Gasteiger partial charge on any atom is -0.323 e. The maximum absolute atomic E-state index is 13.4. The van der Waals surface area contributed by atoms with Gasteiger partial charge in [0.1, 0.15) is 10.6 Å². The highest BCUT2D eigenvalue weighted by Crippen LogP contribution is 2.22. The summed E-state index contributed by atoms with van der Waals surface area (Å²) >= 11 is 9.90. The number of nitrogens with zero attached hydrogens (tertiary/aromatic N) is 1. The van der Waals surface area contributed by atoms with Gasteiger partial charge < -0.3 is 4.98 Å². The third-order valence-electron chi connectivity index (χ3n) is 2.67. The predicted octanol–water partition coefficient (Wildman–Crippen LogP) is 4.01. The zero-order valence-electron chi connectivity index (χ0n) is 9.31. The highest BCUT2D eigenvalue weighted by Gasteiger charge is 2.11. The van der Waals surface area contributed by atoms with Crippen LogP contribution in [0, 0.1) is 10.6 Å². The Morgan fingerprint density at radius 3 is 2.95 bits per heavy atom.